The Morgan fingerprint density at radius 3 is 1.47 bits per heavy atom. The molecular formula is C23H16F6N6Pd. The molecule has 5 rings (SSSR count). The molecule has 0 fully saturated rings. The van der Waals surface area contributed by atoms with Crippen LogP contribution in [0.2, 0.25) is 0 Å². The van der Waals surface area contributed by atoms with Crippen molar-refractivity contribution in [2.24, 2.45) is 0 Å². The monoisotopic (exact) mass is 596 g/mol. The molecule has 36 heavy (non-hydrogen) atoms. The predicted octanol–water partition coefficient (Wildman–Crippen LogP) is 4.91. The van der Waals surface area contributed by atoms with Crippen molar-refractivity contribution in [2.75, 3.05) is 0 Å². The minimum absolute atomic E-state index is 0. The molecule has 0 saturated carbocycles. The van der Waals surface area contributed by atoms with Crippen molar-refractivity contribution >= 4 is 0 Å². The molecule has 6 nitrogen and oxygen atoms in total. The summed E-state index contributed by atoms with van der Waals surface area (Å²) in [4.78, 5) is 9.00. The van der Waals surface area contributed by atoms with Crippen LogP contribution in [0.25, 0.3) is 11.6 Å². The fourth-order valence-corrected chi connectivity index (χ4v) is 3.91. The summed E-state index contributed by atoms with van der Waals surface area (Å²) in [5.74, 6) is 0.180. The molecule has 0 N–H and O–H groups in total. The molecule has 5 heterocycles. The van der Waals surface area contributed by atoms with Crippen molar-refractivity contribution in [3.05, 3.63) is 82.7 Å². The number of nitrogens with zero attached hydrogens (tertiary/aromatic N) is 6. The second-order valence-corrected chi connectivity index (χ2v) is 8.58. The maximum Gasteiger partial charge on any atom is 2.00 e. The minimum atomic E-state index is -4.83. The molecule has 0 aliphatic carbocycles. The zero-order valence-corrected chi connectivity index (χ0v) is 20.2. The van der Waals surface area contributed by atoms with E-state index in [0.29, 0.717) is 11.4 Å². The van der Waals surface area contributed by atoms with Gasteiger partial charge in [0.1, 0.15) is 0 Å². The fraction of sp³-hybridized carbons (Fsp3) is 0.304. The summed E-state index contributed by atoms with van der Waals surface area (Å²) in [5.41, 5.74) is -3.16. The van der Waals surface area contributed by atoms with Gasteiger partial charge in [-0.1, -0.05) is 36.7 Å². The molecular weight excluding hydrogens is 581 g/mol. The molecule has 8 bridgehead atoms. The van der Waals surface area contributed by atoms with E-state index in [1.807, 2.05) is 0 Å². The van der Waals surface area contributed by atoms with Crippen LogP contribution in [-0.2, 0) is 51.0 Å². The van der Waals surface area contributed by atoms with Gasteiger partial charge in [0, 0.05) is 16.8 Å². The Kier molecular flexibility index (Phi) is 6.37. The maximum atomic E-state index is 13.7. The van der Waals surface area contributed by atoms with E-state index in [1.54, 1.807) is 38.1 Å². The standard InChI is InChI=1S/C23H16F6N6.Pd/c1-21(2)15-5-3-7-17(30-15)34-11-13(19(32-34)22(24,25)26)9-10-14-12-35(33-20(14)23(27,28)29)18-8-4-6-16(21)31-18;/h3-8H,9-10H2,1-2H3;/q-2;+2. The molecule has 0 amide bonds. The van der Waals surface area contributed by atoms with Crippen molar-refractivity contribution in [1.82, 2.24) is 29.5 Å². The fourth-order valence-electron chi connectivity index (χ4n) is 3.91. The molecule has 0 saturated heterocycles. The van der Waals surface area contributed by atoms with Crippen molar-refractivity contribution in [1.29, 1.82) is 0 Å². The van der Waals surface area contributed by atoms with Crippen LogP contribution >= 0.6 is 0 Å². The van der Waals surface area contributed by atoms with E-state index < -0.39 is 42.0 Å². The SMILES string of the molecule is CC1(C)c2cccc(n2)-n2[c-]c(c(C(F)(F)F)n2)CCc2[c-]n(nc2C(F)(F)F)-c2cccc1n2.[Pd+2]. The van der Waals surface area contributed by atoms with Gasteiger partial charge >= 0.3 is 32.8 Å². The van der Waals surface area contributed by atoms with Crippen LogP contribution in [0.4, 0.5) is 26.3 Å². The zero-order valence-electron chi connectivity index (χ0n) is 18.6. The Labute approximate surface area is 215 Å². The Balaban J connectivity index is 0.00000304. The number of hydrogen-bond donors (Lipinski definition) is 0. The summed E-state index contributed by atoms with van der Waals surface area (Å²) in [6.45, 7) is 3.59. The maximum absolute atomic E-state index is 13.7. The van der Waals surface area contributed by atoms with Crippen LogP contribution in [0.3, 0.4) is 0 Å². The second kappa shape index (κ2) is 8.81. The number of alkyl halides is 6. The van der Waals surface area contributed by atoms with Crippen LogP contribution < -0.4 is 0 Å². The van der Waals surface area contributed by atoms with Gasteiger partial charge in [-0.15, -0.1) is 11.1 Å². The van der Waals surface area contributed by atoms with E-state index in [1.165, 1.54) is 12.1 Å². The Bertz CT molecular complexity index is 1310. The van der Waals surface area contributed by atoms with Crippen molar-refractivity contribution in [3.63, 3.8) is 0 Å². The first-order chi connectivity index (χ1) is 16.3. The van der Waals surface area contributed by atoms with Gasteiger partial charge in [-0.3, -0.25) is 20.2 Å². The number of halogens is 6. The van der Waals surface area contributed by atoms with E-state index in [-0.39, 0.29) is 43.2 Å². The number of aromatic nitrogens is 6. The van der Waals surface area contributed by atoms with Gasteiger partial charge in [-0.2, -0.15) is 26.3 Å². The van der Waals surface area contributed by atoms with Crippen molar-refractivity contribution < 1.29 is 46.8 Å². The first-order valence-electron chi connectivity index (χ1n) is 10.5. The largest absolute Gasteiger partial charge is 2.00 e. The molecule has 0 spiro atoms. The molecule has 4 aromatic heterocycles. The summed E-state index contributed by atoms with van der Waals surface area (Å²) in [7, 11) is 0. The molecule has 0 unspecified atom stereocenters. The van der Waals surface area contributed by atoms with Gasteiger partial charge in [0.05, 0.1) is 23.0 Å². The van der Waals surface area contributed by atoms with Crippen LogP contribution in [0, 0.1) is 12.4 Å². The number of pyridine rings is 2. The molecule has 190 valence electrons. The molecule has 0 radical (unpaired) electrons. The zero-order chi connectivity index (χ0) is 25.2. The van der Waals surface area contributed by atoms with Gasteiger partial charge in [-0.25, -0.2) is 0 Å². The third-order valence-corrected chi connectivity index (χ3v) is 5.80. The second-order valence-electron chi connectivity index (χ2n) is 8.58. The number of fused-ring (bicyclic) bond motifs is 10. The van der Waals surface area contributed by atoms with Gasteiger partial charge in [0.25, 0.3) is 0 Å². The predicted molar refractivity (Wildman–Crippen MR) is 110 cm³/mol. The van der Waals surface area contributed by atoms with Crippen LogP contribution in [-0.4, -0.2) is 29.5 Å². The summed E-state index contributed by atoms with van der Waals surface area (Å²) in [6.07, 6.45) is -5.41. The average molecular weight is 597 g/mol. The van der Waals surface area contributed by atoms with E-state index in [9.17, 15) is 26.3 Å². The molecule has 0 atom stereocenters. The smallest absolute Gasteiger partial charge is 0.343 e. The third-order valence-electron chi connectivity index (χ3n) is 5.80. The Morgan fingerprint density at radius 1 is 0.722 bits per heavy atom. The van der Waals surface area contributed by atoms with Crippen LogP contribution in [0.5, 0.6) is 0 Å². The third kappa shape index (κ3) is 4.57. The summed E-state index contributed by atoms with van der Waals surface area (Å²) in [6, 6.07) is 9.59. The van der Waals surface area contributed by atoms with Crippen LogP contribution in [0.1, 0.15) is 47.8 Å². The van der Waals surface area contributed by atoms with Crippen LogP contribution in [0.15, 0.2) is 36.4 Å². The number of hydrogen-bond acceptors (Lipinski definition) is 4. The first-order valence-corrected chi connectivity index (χ1v) is 10.5. The molecule has 0 aromatic carbocycles. The van der Waals surface area contributed by atoms with E-state index >= 15 is 0 Å². The molecule has 1 aliphatic heterocycles. The van der Waals surface area contributed by atoms with E-state index in [4.69, 9.17) is 0 Å². The van der Waals surface area contributed by atoms with E-state index in [0.717, 1.165) is 9.36 Å². The van der Waals surface area contributed by atoms with Gasteiger partial charge in [0.15, 0.2) is 0 Å². The van der Waals surface area contributed by atoms with Crippen molar-refractivity contribution in [3.8, 4) is 11.6 Å². The Hall–Kier alpha value is -3.04. The topological polar surface area (TPSA) is 61.4 Å². The average Bonchev–Trinajstić information content (AvgIpc) is 3.42. The molecule has 1 aliphatic rings. The summed E-state index contributed by atoms with van der Waals surface area (Å²) >= 11 is 0. The Morgan fingerprint density at radius 2 is 1.11 bits per heavy atom. The molecule has 13 heteroatoms. The number of rotatable bonds is 0. The van der Waals surface area contributed by atoms with Gasteiger partial charge < -0.3 is 9.36 Å². The number of aryl methyl sites for hydroxylation is 2. The molecule has 4 aromatic rings. The van der Waals surface area contributed by atoms with E-state index in [2.05, 4.69) is 32.6 Å². The van der Waals surface area contributed by atoms with Gasteiger partial charge in [-0.05, 0) is 38.8 Å². The van der Waals surface area contributed by atoms with Crippen molar-refractivity contribution in [2.45, 2.75) is 44.5 Å². The summed E-state index contributed by atoms with van der Waals surface area (Å²) in [5, 5.41) is 7.27. The normalized spacial score (nSPS) is 15.0. The summed E-state index contributed by atoms with van der Waals surface area (Å²) < 4.78 is 84.0. The van der Waals surface area contributed by atoms with Gasteiger partial charge in [0.2, 0.25) is 0 Å². The first kappa shape index (κ1) is 26.0. The minimum Gasteiger partial charge on any atom is -0.343 e. The quantitative estimate of drug-likeness (QED) is 0.165.